The maximum Gasteiger partial charge on any atom is 0.308 e. The van der Waals surface area contributed by atoms with Crippen LogP contribution in [0.4, 0.5) is 0 Å². The van der Waals surface area contributed by atoms with E-state index in [4.69, 9.17) is 50.5 Å². The van der Waals surface area contributed by atoms with Gasteiger partial charge in [-0.15, -0.1) is 0 Å². The second-order valence-corrected chi connectivity index (χ2v) is 5.27. The van der Waals surface area contributed by atoms with Gasteiger partial charge in [-0.05, 0) is 13.8 Å². The summed E-state index contributed by atoms with van der Waals surface area (Å²) in [5, 5.41) is 49.7. The van der Waals surface area contributed by atoms with Crippen molar-refractivity contribution in [2.75, 3.05) is 32.8 Å². The number of carboxylic acids is 1. The second-order valence-electron chi connectivity index (χ2n) is 5.27. The molecule has 174 valence electrons. The van der Waals surface area contributed by atoms with Crippen molar-refractivity contribution >= 4 is 11.9 Å². The van der Waals surface area contributed by atoms with E-state index < -0.39 is 30.3 Å². The van der Waals surface area contributed by atoms with Gasteiger partial charge in [0, 0.05) is 6.61 Å². The van der Waals surface area contributed by atoms with Crippen molar-refractivity contribution in [1.29, 1.82) is 5.26 Å². The lowest BCUT2D eigenvalue weighted by molar-refractivity contribution is -0.145. The number of carboxylic acid groups (broad SMARTS) is 1. The van der Waals surface area contributed by atoms with Crippen LogP contribution in [0.1, 0.15) is 33.1 Å². The van der Waals surface area contributed by atoms with Gasteiger partial charge in [0.1, 0.15) is 18.3 Å². The van der Waals surface area contributed by atoms with Crippen molar-refractivity contribution in [1.82, 2.24) is 0 Å². The number of hydrogen-bond donors (Lipinski definition) is 5. The van der Waals surface area contributed by atoms with Crippen LogP contribution in [0, 0.1) is 31.0 Å². The highest BCUT2D eigenvalue weighted by Crippen LogP contribution is 1.95. The van der Waals surface area contributed by atoms with Gasteiger partial charge in [-0.3, -0.25) is 9.59 Å². The van der Waals surface area contributed by atoms with Crippen molar-refractivity contribution in [3.05, 3.63) is 34.3 Å². The predicted octanol–water partition coefficient (Wildman–Crippen LogP) is 0.140. The molecular formula is C19H30N4O8. The molecule has 12 nitrogen and oxygen atoms in total. The number of esters is 1. The Hall–Kier alpha value is -3.26. The number of aliphatic carboxylic acids is 1. The number of aliphatic hydroxyl groups is 4. The summed E-state index contributed by atoms with van der Waals surface area (Å²) in [5.41, 5.74) is 0. The number of hydrogen-bond acceptors (Lipinski definition) is 8. The zero-order valence-corrected chi connectivity index (χ0v) is 17.6. The number of nitrogens with zero attached hydrogens (tertiary/aromatic N) is 4. The molecule has 0 aromatic carbocycles. The van der Waals surface area contributed by atoms with Crippen LogP contribution in [-0.2, 0) is 14.3 Å². The molecule has 0 aliphatic heterocycles. The van der Waals surface area contributed by atoms with Crippen LogP contribution in [0.15, 0.2) is 0 Å². The van der Waals surface area contributed by atoms with Crippen LogP contribution in [0.3, 0.4) is 0 Å². The van der Waals surface area contributed by atoms with E-state index in [1.165, 1.54) is 0 Å². The molecule has 0 saturated heterocycles. The SMILES string of the molecule is CCO.[C-]#[N+]CC(O)CC#N.[C-]#[N+]CC(O)CC(=O)O.[C-]#[N+]C[C@@H](O)CC(=O)OCC. The van der Waals surface area contributed by atoms with E-state index in [2.05, 4.69) is 19.3 Å². The zero-order chi connectivity index (χ0) is 25.1. The largest absolute Gasteiger partial charge is 0.481 e. The van der Waals surface area contributed by atoms with Crippen LogP contribution >= 0.6 is 0 Å². The Morgan fingerprint density at radius 2 is 1.32 bits per heavy atom. The Bertz CT molecular complexity index is 600. The molecule has 3 atom stereocenters. The summed E-state index contributed by atoms with van der Waals surface area (Å²) >= 11 is 0. The van der Waals surface area contributed by atoms with Gasteiger partial charge in [-0.25, -0.2) is 19.7 Å². The smallest absolute Gasteiger partial charge is 0.308 e. The minimum Gasteiger partial charge on any atom is -0.481 e. The number of rotatable bonds is 9. The lowest BCUT2D eigenvalue weighted by atomic mass is 10.2. The van der Waals surface area contributed by atoms with E-state index >= 15 is 0 Å². The average molecular weight is 442 g/mol. The van der Waals surface area contributed by atoms with Crippen molar-refractivity contribution in [3.63, 3.8) is 0 Å². The number of nitriles is 1. The summed E-state index contributed by atoms with van der Waals surface area (Å²) in [5.74, 6) is -1.53. The third-order valence-corrected chi connectivity index (χ3v) is 2.35. The molecule has 0 heterocycles. The maximum atomic E-state index is 10.6. The standard InChI is InChI=1S/C7H11NO3.C5H6N2O.C5H7NO3.C2H6O/c1-3-11-7(10)4-6(9)5-8-2;1-7-4-5(8)2-3-6;1-6-3-4(7)2-5(8)9;1-2-3/h6,9H,3-5H2,1H3;5,8H,2,4H2;4,7H,2-3H2,(H,8,9);3H,2H2,1H3/t6-;;;/m0.../s1. The fraction of sp³-hybridized carbons (Fsp3) is 0.684. The highest BCUT2D eigenvalue weighted by Gasteiger charge is 2.13. The van der Waals surface area contributed by atoms with Crippen LogP contribution in [0.25, 0.3) is 14.5 Å². The number of aliphatic hydroxyl groups excluding tert-OH is 4. The lowest BCUT2D eigenvalue weighted by Gasteiger charge is -2.02. The molecule has 0 aliphatic carbocycles. The molecule has 0 radical (unpaired) electrons. The molecule has 0 rings (SSSR count). The van der Waals surface area contributed by atoms with Gasteiger partial charge in [-0.1, -0.05) is 0 Å². The minimum atomic E-state index is -1.08. The zero-order valence-electron chi connectivity index (χ0n) is 17.6. The first-order valence-corrected chi connectivity index (χ1v) is 8.98. The number of carbonyl (C=O) groups is 2. The van der Waals surface area contributed by atoms with E-state index in [1.54, 1.807) is 19.9 Å². The minimum absolute atomic E-state index is 0.0353. The summed E-state index contributed by atoms with van der Waals surface area (Å²) in [7, 11) is 0. The highest BCUT2D eigenvalue weighted by atomic mass is 16.5. The van der Waals surface area contributed by atoms with Gasteiger partial charge in [0.05, 0.1) is 31.9 Å². The Labute approximate surface area is 182 Å². The normalized spacial score (nSPS) is 11.2. The summed E-state index contributed by atoms with van der Waals surface area (Å²) in [6, 6.07) is 1.76. The Kier molecular flexibility index (Phi) is 32.9. The van der Waals surface area contributed by atoms with E-state index in [9.17, 15) is 9.59 Å². The predicted molar refractivity (Wildman–Crippen MR) is 109 cm³/mol. The third kappa shape index (κ3) is 42.0. The van der Waals surface area contributed by atoms with Gasteiger partial charge < -0.3 is 44.8 Å². The number of carbonyl (C=O) groups excluding carboxylic acids is 1. The van der Waals surface area contributed by atoms with Gasteiger partial charge in [0.2, 0.25) is 19.6 Å². The summed E-state index contributed by atoms with van der Waals surface area (Å²) in [4.78, 5) is 29.1. The molecule has 2 unspecified atom stereocenters. The van der Waals surface area contributed by atoms with Crippen LogP contribution in [-0.4, -0.2) is 88.6 Å². The average Bonchev–Trinajstić information content (AvgIpc) is 2.64. The molecule has 0 bridgehead atoms. The van der Waals surface area contributed by atoms with E-state index in [0.717, 1.165) is 0 Å². The summed E-state index contributed by atoms with van der Waals surface area (Å²) < 4.78 is 4.56. The van der Waals surface area contributed by atoms with Crippen molar-refractivity contribution < 1.29 is 39.9 Å². The first-order chi connectivity index (χ1) is 14.6. The van der Waals surface area contributed by atoms with E-state index in [0.29, 0.717) is 6.61 Å². The molecule has 0 aliphatic rings. The fourth-order valence-electron chi connectivity index (χ4n) is 1.23. The molecule has 31 heavy (non-hydrogen) atoms. The molecule has 0 fully saturated rings. The van der Waals surface area contributed by atoms with Crippen molar-refractivity contribution in [2.45, 2.75) is 51.4 Å². The molecule has 5 N–H and O–H groups in total. The first kappa shape index (κ1) is 35.2. The molecular weight excluding hydrogens is 412 g/mol. The molecule has 0 spiro atoms. The lowest BCUT2D eigenvalue weighted by Crippen LogP contribution is -2.17. The van der Waals surface area contributed by atoms with Crippen LogP contribution in [0.2, 0.25) is 0 Å². The maximum absolute atomic E-state index is 10.6. The Balaban J connectivity index is -0.000000167. The highest BCUT2D eigenvalue weighted by molar-refractivity contribution is 5.69. The molecule has 0 saturated carbocycles. The molecule has 0 aromatic rings. The van der Waals surface area contributed by atoms with Crippen LogP contribution in [0.5, 0.6) is 0 Å². The van der Waals surface area contributed by atoms with Crippen LogP contribution < -0.4 is 0 Å². The Morgan fingerprint density at radius 3 is 1.65 bits per heavy atom. The topological polar surface area (TPSA) is 181 Å². The van der Waals surface area contributed by atoms with E-state index in [-0.39, 0.29) is 45.5 Å². The molecule has 12 heteroatoms. The molecule has 0 aromatic heterocycles. The van der Waals surface area contributed by atoms with Gasteiger partial charge >= 0.3 is 11.9 Å². The second kappa shape index (κ2) is 28.9. The van der Waals surface area contributed by atoms with Crippen molar-refractivity contribution in [3.8, 4) is 6.07 Å². The quantitative estimate of drug-likeness (QED) is 0.245. The van der Waals surface area contributed by atoms with Gasteiger partial charge in [0.15, 0.2) is 0 Å². The number of ether oxygens (including phenoxy) is 1. The summed E-state index contributed by atoms with van der Waals surface area (Å²) in [6.07, 6.45) is -3.02. The first-order valence-electron chi connectivity index (χ1n) is 8.98. The van der Waals surface area contributed by atoms with E-state index in [1.807, 2.05) is 0 Å². The van der Waals surface area contributed by atoms with Gasteiger partial charge in [-0.2, -0.15) is 5.26 Å². The molecule has 0 amide bonds. The van der Waals surface area contributed by atoms with Gasteiger partial charge in [0.25, 0.3) is 0 Å². The monoisotopic (exact) mass is 442 g/mol. The summed E-state index contributed by atoms with van der Waals surface area (Å²) in [6.45, 7) is 22.7. The third-order valence-electron chi connectivity index (χ3n) is 2.35. The Morgan fingerprint density at radius 1 is 0.935 bits per heavy atom. The fourth-order valence-corrected chi connectivity index (χ4v) is 1.23. The van der Waals surface area contributed by atoms with Crippen molar-refractivity contribution in [2.24, 2.45) is 0 Å².